The number of hydrogen-bond acceptors (Lipinski definition) is 4. The van der Waals surface area contributed by atoms with Gasteiger partial charge in [-0.3, -0.25) is 9.69 Å². The number of carbonyl (C=O) groups is 1. The zero-order valence-electron chi connectivity index (χ0n) is 15.1. The molecule has 3 aliphatic heterocycles. The molecule has 0 unspecified atom stereocenters. The molecule has 0 saturated carbocycles. The van der Waals surface area contributed by atoms with Crippen LogP contribution in [0.2, 0.25) is 0 Å². The lowest BCUT2D eigenvalue weighted by Crippen LogP contribution is -2.53. The highest BCUT2D eigenvalue weighted by Crippen LogP contribution is 2.29. The monoisotopic (exact) mass is 343 g/mol. The Balaban J connectivity index is 1.34. The summed E-state index contributed by atoms with van der Waals surface area (Å²) in [7, 11) is 1.91. The first-order valence-electron chi connectivity index (χ1n) is 9.60. The van der Waals surface area contributed by atoms with E-state index in [1.807, 2.05) is 11.9 Å². The number of para-hydroxylation sites is 1. The standard InChI is InChI=1S/C20H29N3O2/c1-21-13-16-14-23(12-9-19(16)25-15-20(21)24)18-7-10-22(11-8-18)17-5-3-2-4-6-17/h2-6,16,18-19H,7-15H2,1H3/t16-,19-/m0/s1. The van der Waals surface area contributed by atoms with E-state index in [0.717, 1.165) is 39.1 Å². The van der Waals surface area contributed by atoms with Crippen molar-refractivity contribution >= 4 is 11.6 Å². The summed E-state index contributed by atoms with van der Waals surface area (Å²) in [5, 5.41) is 0. The molecule has 2 atom stereocenters. The van der Waals surface area contributed by atoms with Gasteiger partial charge in [-0.1, -0.05) is 18.2 Å². The van der Waals surface area contributed by atoms with Crippen molar-refractivity contribution < 1.29 is 9.53 Å². The maximum Gasteiger partial charge on any atom is 0.248 e. The van der Waals surface area contributed by atoms with Crippen LogP contribution < -0.4 is 4.90 Å². The number of piperidine rings is 2. The highest BCUT2D eigenvalue weighted by atomic mass is 16.5. The van der Waals surface area contributed by atoms with Crippen molar-refractivity contribution in [3.63, 3.8) is 0 Å². The van der Waals surface area contributed by atoms with Crippen LogP contribution in [0.3, 0.4) is 0 Å². The SMILES string of the molecule is CN1C[C@H]2CN(C3CCN(c4ccccc4)CC3)CC[C@@H]2OCC1=O. The molecule has 1 aromatic carbocycles. The molecule has 5 nitrogen and oxygen atoms in total. The average Bonchev–Trinajstić information content (AvgIpc) is 2.81. The van der Waals surface area contributed by atoms with Crippen LogP contribution in [0.25, 0.3) is 0 Å². The van der Waals surface area contributed by atoms with Crippen LogP contribution in [-0.4, -0.2) is 74.2 Å². The van der Waals surface area contributed by atoms with Gasteiger partial charge >= 0.3 is 0 Å². The summed E-state index contributed by atoms with van der Waals surface area (Å²) in [6.45, 7) is 5.53. The number of ether oxygens (including phenoxy) is 1. The number of fused-ring (bicyclic) bond motifs is 1. The van der Waals surface area contributed by atoms with Gasteiger partial charge in [-0.15, -0.1) is 0 Å². The average molecular weight is 343 g/mol. The van der Waals surface area contributed by atoms with E-state index in [0.29, 0.717) is 12.0 Å². The zero-order chi connectivity index (χ0) is 17.2. The molecule has 0 N–H and O–H groups in total. The molecule has 3 saturated heterocycles. The first kappa shape index (κ1) is 16.9. The van der Waals surface area contributed by atoms with E-state index in [1.165, 1.54) is 18.5 Å². The minimum Gasteiger partial charge on any atom is -0.371 e. The maximum absolute atomic E-state index is 11.9. The second-order valence-electron chi connectivity index (χ2n) is 7.72. The van der Waals surface area contributed by atoms with Crippen LogP contribution in [0.5, 0.6) is 0 Å². The van der Waals surface area contributed by atoms with Gasteiger partial charge in [0, 0.05) is 57.4 Å². The van der Waals surface area contributed by atoms with Crippen LogP contribution >= 0.6 is 0 Å². The number of benzene rings is 1. The van der Waals surface area contributed by atoms with Crippen molar-refractivity contribution in [2.24, 2.45) is 5.92 Å². The first-order chi connectivity index (χ1) is 12.2. The zero-order valence-corrected chi connectivity index (χ0v) is 15.1. The van der Waals surface area contributed by atoms with Crippen LogP contribution in [0.1, 0.15) is 19.3 Å². The van der Waals surface area contributed by atoms with Crippen molar-refractivity contribution in [2.45, 2.75) is 31.4 Å². The number of rotatable bonds is 2. The highest BCUT2D eigenvalue weighted by molar-refractivity contribution is 5.77. The van der Waals surface area contributed by atoms with Crippen molar-refractivity contribution in [3.8, 4) is 0 Å². The summed E-state index contributed by atoms with van der Waals surface area (Å²) in [6.07, 6.45) is 3.77. The minimum absolute atomic E-state index is 0.122. The second kappa shape index (κ2) is 7.34. The summed E-state index contributed by atoms with van der Waals surface area (Å²) in [6, 6.07) is 11.4. The fourth-order valence-electron chi connectivity index (χ4n) is 4.64. The molecule has 136 valence electrons. The lowest BCUT2D eigenvalue weighted by molar-refractivity contribution is -0.133. The second-order valence-corrected chi connectivity index (χ2v) is 7.72. The Morgan fingerprint density at radius 1 is 1.00 bits per heavy atom. The number of hydrogen-bond donors (Lipinski definition) is 0. The van der Waals surface area contributed by atoms with E-state index in [9.17, 15) is 4.79 Å². The molecule has 0 bridgehead atoms. The van der Waals surface area contributed by atoms with Gasteiger partial charge < -0.3 is 14.5 Å². The summed E-state index contributed by atoms with van der Waals surface area (Å²) < 4.78 is 5.87. The molecule has 0 radical (unpaired) electrons. The number of amides is 1. The topological polar surface area (TPSA) is 36.0 Å². The third kappa shape index (κ3) is 3.67. The molecule has 0 aromatic heterocycles. The van der Waals surface area contributed by atoms with Crippen LogP contribution in [0.15, 0.2) is 30.3 Å². The number of anilines is 1. The molecule has 25 heavy (non-hydrogen) atoms. The summed E-state index contributed by atoms with van der Waals surface area (Å²) in [5.74, 6) is 0.578. The van der Waals surface area contributed by atoms with E-state index in [2.05, 4.69) is 40.1 Å². The molecular formula is C20H29N3O2. The summed E-state index contributed by atoms with van der Waals surface area (Å²) in [4.78, 5) is 18.9. The van der Waals surface area contributed by atoms with E-state index >= 15 is 0 Å². The smallest absolute Gasteiger partial charge is 0.248 e. The van der Waals surface area contributed by atoms with E-state index in [4.69, 9.17) is 4.74 Å². The van der Waals surface area contributed by atoms with E-state index in [-0.39, 0.29) is 18.6 Å². The third-order valence-corrected chi connectivity index (χ3v) is 6.15. The van der Waals surface area contributed by atoms with Crippen LogP contribution in [0.4, 0.5) is 5.69 Å². The fourth-order valence-corrected chi connectivity index (χ4v) is 4.64. The van der Waals surface area contributed by atoms with E-state index in [1.54, 1.807) is 0 Å². The van der Waals surface area contributed by atoms with Gasteiger partial charge in [-0.05, 0) is 31.4 Å². The van der Waals surface area contributed by atoms with Crippen molar-refractivity contribution in [1.82, 2.24) is 9.80 Å². The molecule has 0 spiro atoms. The molecule has 5 heteroatoms. The Labute approximate surface area is 150 Å². The van der Waals surface area contributed by atoms with Gasteiger partial charge in [-0.25, -0.2) is 0 Å². The Hall–Kier alpha value is -1.59. The van der Waals surface area contributed by atoms with Crippen molar-refractivity contribution in [3.05, 3.63) is 30.3 Å². The molecule has 1 amide bonds. The third-order valence-electron chi connectivity index (χ3n) is 6.15. The minimum atomic E-state index is 0.122. The van der Waals surface area contributed by atoms with Gasteiger partial charge in [0.05, 0.1) is 6.10 Å². The lowest BCUT2D eigenvalue weighted by Gasteiger charge is -2.45. The van der Waals surface area contributed by atoms with Gasteiger partial charge in [-0.2, -0.15) is 0 Å². The van der Waals surface area contributed by atoms with Crippen LogP contribution in [0, 0.1) is 5.92 Å². The predicted molar refractivity (Wildman–Crippen MR) is 98.7 cm³/mol. The maximum atomic E-state index is 11.9. The largest absolute Gasteiger partial charge is 0.371 e. The van der Waals surface area contributed by atoms with Crippen molar-refractivity contribution in [1.29, 1.82) is 0 Å². The summed E-state index contributed by atoms with van der Waals surface area (Å²) in [5.41, 5.74) is 1.34. The Kier molecular flexibility index (Phi) is 4.95. The number of likely N-dealkylation sites (tertiary alicyclic amines) is 1. The molecule has 1 aromatic rings. The number of likely N-dealkylation sites (N-methyl/N-ethyl adjacent to an activating group) is 1. The summed E-state index contributed by atoms with van der Waals surface area (Å²) >= 11 is 0. The normalized spacial score (nSPS) is 29.4. The Bertz CT molecular complexity index is 586. The van der Waals surface area contributed by atoms with Crippen LogP contribution in [-0.2, 0) is 9.53 Å². The van der Waals surface area contributed by atoms with Gasteiger partial charge in [0.25, 0.3) is 0 Å². The Morgan fingerprint density at radius 3 is 2.52 bits per heavy atom. The molecular weight excluding hydrogens is 314 g/mol. The molecule has 0 aliphatic carbocycles. The number of nitrogens with zero attached hydrogens (tertiary/aromatic N) is 3. The molecule has 3 heterocycles. The molecule has 3 aliphatic rings. The van der Waals surface area contributed by atoms with Gasteiger partial charge in [0.15, 0.2) is 0 Å². The quantitative estimate of drug-likeness (QED) is 0.821. The first-order valence-corrected chi connectivity index (χ1v) is 9.60. The van der Waals surface area contributed by atoms with Gasteiger partial charge in [0.2, 0.25) is 5.91 Å². The Morgan fingerprint density at radius 2 is 1.76 bits per heavy atom. The predicted octanol–water partition coefficient (Wildman–Crippen LogP) is 1.83. The van der Waals surface area contributed by atoms with E-state index < -0.39 is 0 Å². The highest BCUT2D eigenvalue weighted by Gasteiger charge is 2.37. The van der Waals surface area contributed by atoms with Crippen molar-refractivity contribution in [2.75, 3.05) is 51.3 Å². The fraction of sp³-hybridized carbons (Fsp3) is 0.650. The molecule has 4 rings (SSSR count). The molecule has 3 fully saturated rings. The van der Waals surface area contributed by atoms with Gasteiger partial charge in [0.1, 0.15) is 6.61 Å². The lowest BCUT2D eigenvalue weighted by atomic mass is 9.91. The number of carbonyl (C=O) groups excluding carboxylic acids is 1.